The van der Waals surface area contributed by atoms with Crippen LogP contribution in [0.5, 0.6) is 0 Å². The lowest BCUT2D eigenvalue weighted by Gasteiger charge is -2.20. The van der Waals surface area contributed by atoms with Gasteiger partial charge in [-0.25, -0.2) is 10.5 Å². The van der Waals surface area contributed by atoms with Crippen molar-refractivity contribution >= 4 is 17.8 Å². The van der Waals surface area contributed by atoms with Crippen LogP contribution in [0.15, 0.2) is 24.4 Å². The van der Waals surface area contributed by atoms with Crippen LogP contribution in [0.2, 0.25) is 0 Å². The summed E-state index contributed by atoms with van der Waals surface area (Å²) in [6.07, 6.45) is 5.17. The van der Waals surface area contributed by atoms with E-state index in [1.54, 1.807) is 6.20 Å². The zero-order valence-corrected chi connectivity index (χ0v) is 13.7. The number of hydrogen-bond acceptors (Lipinski definition) is 5. The van der Waals surface area contributed by atoms with Gasteiger partial charge in [0, 0.05) is 12.7 Å². The molecular weight excluding hydrogens is 282 g/mol. The molecule has 22 heavy (non-hydrogen) atoms. The van der Waals surface area contributed by atoms with Crippen LogP contribution in [0.1, 0.15) is 32.8 Å². The number of hydrogen-bond donors (Lipinski definition) is 2. The second-order valence-electron chi connectivity index (χ2n) is 5.70. The van der Waals surface area contributed by atoms with Gasteiger partial charge in [0.25, 0.3) is 0 Å². The molecule has 6 heteroatoms. The van der Waals surface area contributed by atoms with Crippen LogP contribution in [0.25, 0.3) is 5.57 Å². The van der Waals surface area contributed by atoms with Crippen molar-refractivity contribution in [2.45, 2.75) is 32.8 Å². The molecule has 0 spiro atoms. The molecule has 122 valence electrons. The molecule has 0 atom stereocenters. The number of anilines is 1. The van der Waals surface area contributed by atoms with E-state index in [4.69, 9.17) is 9.57 Å². The summed E-state index contributed by atoms with van der Waals surface area (Å²) in [5.41, 5.74) is 4.58. The lowest BCUT2D eigenvalue weighted by molar-refractivity contribution is -0.109. The first-order chi connectivity index (χ1) is 10.5. The van der Waals surface area contributed by atoms with Crippen LogP contribution in [-0.2, 0) is 14.4 Å². The fourth-order valence-electron chi connectivity index (χ4n) is 1.81. The van der Waals surface area contributed by atoms with Crippen molar-refractivity contribution in [3.8, 4) is 0 Å². The highest BCUT2D eigenvalue weighted by Gasteiger charge is 2.11. The number of aromatic nitrogens is 1. The maximum Gasteiger partial charge on any atom is 0.207 e. The van der Waals surface area contributed by atoms with E-state index in [-0.39, 0.29) is 5.60 Å². The molecule has 6 nitrogen and oxygen atoms in total. The minimum absolute atomic E-state index is 0.170. The molecule has 1 aromatic heterocycles. The van der Waals surface area contributed by atoms with Gasteiger partial charge in [0.15, 0.2) is 0 Å². The highest BCUT2D eigenvalue weighted by atomic mass is 16.6. The van der Waals surface area contributed by atoms with E-state index in [0.29, 0.717) is 25.4 Å². The molecule has 1 aromatic rings. The molecule has 1 rings (SSSR count). The van der Waals surface area contributed by atoms with Crippen molar-refractivity contribution in [3.63, 3.8) is 0 Å². The predicted molar refractivity (Wildman–Crippen MR) is 87.2 cm³/mol. The van der Waals surface area contributed by atoms with Gasteiger partial charge in [-0.3, -0.25) is 9.63 Å². The third-order valence-electron chi connectivity index (χ3n) is 2.80. The number of rotatable bonds is 9. The Morgan fingerprint density at radius 2 is 2.14 bits per heavy atom. The summed E-state index contributed by atoms with van der Waals surface area (Å²) in [5.74, 6) is 0.641. The van der Waals surface area contributed by atoms with Gasteiger partial charge in [0.05, 0.1) is 19.3 Å². The molecule has 0 aromatic carbocycles. The van der Waals surface area contributed by atoms with E-state index in [2.05, 4.69) is 15.8 Å². The summed E-state index contributed by atoms with van der Waals surface area (Å²) in [5, 5.41) is 2.64. The van der Waals surface area contributed by atoms with Crippen LogP contribution in [-0.4, -0.2) is 37.3 Å². The SMILES string of the molecule is CONc1ccc(/C(=C/CNC=O)CCOC(C)(C)C)cn1. The molecule has 0 unspecified atom stereocenters. The lowest BCUT2D eigenvalue weighted by Crippen LogP contribution is -2.20. The van der Waals surface area contributed by atoms with Gasteiger partial charge < -0.3 is 10.1 Å². The van der Waals surface area contributed by atoms with Crippen molar-refractivity contribution in [1.82, 2.24) is 10.3 Å². The zero-order valence-electron chi connectivity index (χ0n) is 13.7. The molecule has 0 bridgehead atoms. The van der Waals surface area contributed by atoms with Gasteiger partial charge in [-0.1, -0.05) is 6.08 Å². The minimum Gasteiger partial charge on any atom is -0.376 e. The van der Waals surface area contributed by atoms with Gasteiger partial charge in [0.2, 0.25) is 6.41 Å². The smallest absolute Gasteiger partial charge is 0.207 e. The Bertz CT molecular complexity index is 478. The lowest BCUT2D eigenvalue weighted by atomic mass is 10.0. The molecule has 0 fully saturated rings. The zero-order chi connectivity index (χ0) is 16.4. The Balaban J connectivity index is 2.75. The van der Waals surface area contributed by atoms with E-state index in [0.717, 1.165) is 17.6 Å². The molecule has 1 heterocycles. The van der Waals surface area contributed by atoms with Crippen LogP contribution < -0.4 is 10.8 Å². The number of nitrogens with zero attached hydrogens (tertiary/aromatic N) is 1. The summed E-state index contributed by atoms with van der Waals surface area (Å²) in [6, 6.07) is 3.79. The molecule has 0 aliphatic carbocycles. The van der Waals surface area contributed by atoms with Crippen LogP contribution in [0, 0.1) is 0 Å². The topological polar surface area (TPSA) is 72.5 Å². The summed E-state index contributed by atoms with van der Waals surface area (Å²) < 4.78 is 5.77. The third-order valence-corrected chi connectivity index (χ3v) is 2.80. The van der Waals surface area contributed by atoms with Gasteiger partial charge in [0.1, 0.15) is 5.82 Å². The monoisotopic (exact) mass is 307 g/mol. The summed E-state index contributed by atoms with van der Waals surface area (Å²) in [6.45, 7) is 7.16. The number of nitrogens with one attached hydrogen (secondary N) is 2. The Hall–Kier alpha value is -1.92. The van der Waals surface area contributed by atoms with Crippen LogP contribution >= 0.6 is 0 Å². The van der Waals surface area contributed by atoms with Crippen molar-refractivity contribution in [2.24, 2.45) is 0 Å². The molecular formula is C16H25N3O3. The quantitative estimate of drug-likeness (QED) is 0.416. The number of ether oxygens (including phenoxy) is 1. The van der Waals surface area contributed by atoms with E-state index in [9.17, 15) is 4.79 Å². The molecule has 2 N–H and O–H groups in total. The Labute approximate surface area is 131 Å². The standard InChI is InChI=1S/C16H25N3O3/c1-16(2,3)22-10-8-13(7-9-17-12-20)14-5-6-15(18-11-14)19-21-4/h5-7,11-12H,8-10H2,1-4H3,(H,17,20)(H,18,19)/b13-7+. The highest BCUT2D eigenvalue weighted by molar-refractivity contribution is 5.66. The molecule has 0 saturated carbocycles. The fourth-order valence-corrected chi connectivity index (χ4v) is 1.81. The highest BCUT2D eigenvalue weighted by Crippen LogP contribution is 2.20. The van der Waals surface area contributed by atoms with E-state index < -0.39 is 0 Å². The second kappa shape index (κ2) is 9.17. The van der Waals surface area contributed by atoms with Crippen molar-refractivity contribution in [3.05, 3.63) is 30.0 Å². The Morgan fingerprint density at radius 1 is 1.36 bits per heavy atom. The molecule has 0 aliphatic rings. The molecule has 0 radical (unpaired) electrons. The van der Waals surface area contributed by atoms with Crippen LogP contribution in [0.4, 0.5) is 5.82 Å². The molecule has 0 aliphatic heterocycles. The maximum atomic E-state index is 10.4. The van der Waals surface area contributed by atoms with Crippen molar-refractivity contribution in [2.75, 3.05) is 25.7 Å². The van der Waals surface area contributed by atoms with E-state index in [1.807, 2.05) is 39.0 Å². The van der Waals surface area contributed by atoms with E-state index >= 15 is 0 Å². The van der Waals surface area contributed by atoms with Crippen molar-refractivity contribution in [1.29, 1.82) is 0 Å². The Morgan fingerprint density at radius 3 is 2.68 bits per heavy atom. The summed E-state index contributed by atoms with van der Waals surface area (Å²) >= 11 is 0. The second-order valence-corrected chi connectivity index (χ2v) is 5.70. The van der Waals surface area contributed by atoms with Crippen LogP contribution in [0.3, 0.4) is 0 Å². The number of amides is 1. The average Bonchev–Trinajstić information content (AvgIpc) is 2.46. The average molecular weight is 307 g/mol. The Kier molecular flexibility index (Phi) is 7.56. The number of carbonyl (C=O) groups excluding carboxylic acids is 1. The number of carbonyl (C=O) groups is 1. The predicted octanol–water partition coefficient (Wildman–Crippen LogP) is 2.39. The normalized spacial score (nSPS) is 12.1. The number of pyridine rings is 1. The van der Waals surface area contributed by atoms with Gasteiger partial charge in [-0.05, 0) is 50.5 Å². The van der Waals surface area contributed by atoms with Gasteiger partial charge in [-0.2, -0.15) is 0 Å². The summed E-state index contributed by atoms with van der Waals surface area (Å²) in [4.78, 5) is 19.5. The minimum atomic E-state index is -0.170. The third kappa shape index (κ3) is 7.19. The summed E-state index contributed by atoms with van der Waals surface area (Å²) in [7, 11) is 1.54. The first kappa shape index (κ1) is 18.1. The van der Waals surface area contributed by atoms with Crippen molar-refractivity contribution < 1.29 is 14.4 Å². The maximum absolute atomic E-state index is 10.4. The largest absolute Gasteiger partial charge is 0.376 e. The molecule has 1 amide bonds. The first-order valence-corrected chi connectivity index (χ1v) is 7.21. The van der Waals surface area contributed by atoms with Gasteiger partial charge in [-0.15, -0.1) is 0 Å². The molecule has 0 saturated heterocycles. The first-order valence-electron chi connectivity index (χ1n) is 7.21. The fraction of sp³-hybridized carbons (Fsp3) is 0.500. The van der Waals surface area contributed by atoms with Gasteiger partial charge >= 0.3 is 0 Å². The van der Waals surface area contributed by atoms with E-state index in [1.165, 1.54) is 7.11 Å².